The van der Waals surface area contributed by atoms with E-state index >= 15 is 0 Å². The molecule has 1 saturated heterocycles. The molecular weight excluding hydrogens is 357 g/mol. The Kier molecular flexibility index (Phi) is 5.43. The van der Waals surface area contributed by atoms with Crippen LogP contribution in [0.5, 0.6) is 0 Å². The highest BCUT2D eigenvalue weighted by Crippen LogP contribution is 2.21. The summed E-state index contributed by atoms with van der Waals surface area (Å²) >= 11 is 0. The number of hydrogen-bond acceptors (Lipinski definition) is 4. The van der Waals surface area contributed by atoms with Gasteiger partial charge in [0.2, 0.25) is 10.0 Å². The summed E-state index contributed by atoms with van der Waals surface area (Å²) in [5.74, 6) is -0.885. The van der Waals surface area contributed by atoms with Gasteiger partial charge >= 0.3 is 0 Å². The molecule has 26 heavy (non-hydrogen) atoms. The van der Waals surface area contributed by atoms with E-state index in [9.17, 15) is 17.6 Å². The predicted molar refractivity (Wildman–Crippen MR) is 95.9 cm³/mol. The summed E-state index contributed by atoms with van der Waals surface area (Å²) in [5, 5.41) is 3.81. The van der Waals surface area contributed by atoms with E-state index in [0.29, 0.717) is 18.7 Å². The third-order valence-electron chi connectivity index (χ3n) is 4.05. The van der Waals surface area contributed by atoms with E-state index in [1.54, 1.807) is 0 Å². The molecule has 0 radical (unpaired) electrons. The summed E-state index contributed by atoms with van der Waals surface area (Å²) in [6.07, 6.45) is 3.07. The van der Waals surface area contributed by atoms with Crippen LogP contribution in [0.25, 0.3) is 0 Å². The first-order valence-corrected chi connectivity index (χ1v) is 9.60. The van der Waals surface area contributed by atoms with E-state index in [1.807, 2.05) is 0 Å². The number of benzene rings is 2. The minimum atomic E-state index is -3.58. The molecule has 6 nitrogen and oxygen atoms in total. The maximum Gasteiger partial charge on any atom is 0.271 e. The molecule has 1 heterocycles. The number of nitrogens with one attached hydrogen (secondary N) is 1. The topological polar surface area (TPSA) is 78.8 Å². The van der Waals surface area contributed by atoms with Gasteiger partial charge in [0.25, 0.3) is 5.91 Å². The number of rotatable bonds is 5. The second kappa shape index (κ2) is 7.76. The molecule has 0 aromatic heterocycles. The summed E-state index contributed by atoms with van der Waals surface area (Å²) in [4.78, 5) is 12.3. The van der Waals surface area contributed by atoms with Crippen molar-refractivity contribution in [1.82, 2.24) is 9.73 Å². The zero-order chi connectivity index (χ0) is 18.6. The molecular formula is C18H18FN3O3S. The molecule has 0 atom stereocenters. The highest BCUT2D eigenvalue weighted by molar-refractivity contribution is 7.89. The van der Waals surface area contributed by atoms with Crippen LogP contribution in [0.15, 0.2) is 58.5 Å². The van der Waals surface area contributed by atoms with Crippen LogP contribution in [0.2, 0.25) is 0 Å². The van der Waals surface area contributed by atoms with Crippen molar-refractivity contribution in [2.75, 3.05) is 13.1 Å². The largest absolute Gasteiger partial charge is 0.271 e. The number of carbonyl (C=O) groups excluding carboxylic acids is 1. The summed E-state index contributed by atoms with van der Waals surface area (Å²) in [6, 6.07) is 11.5. The lowest BCUT2D eigenvalue weighted by atomic mass is 10.2. The third-order valence-corrected chi connectivity index (χ3v) is 5.94. The lowest BCUT2D eigenvalue weighted by molar-refractivity contribution is 0.0955. The van der Waals surface area contributed by atoms with E-state index in [4.69, 9.17) is 0 Å². The summed E-state index contributed by atoms with van der Waals surface area (Å²) in [6.45, 7) is 1.00. The van der Waals surface area contributed by atoms with Crippen molar-refractivity contribution < 1.29 is 17.6 Å². The molecule has 3 rings (SSSR count). The van der Waals surface area contributed by atoms with Gasteiger partial charge in [-0.05, 0) is 48.7 Å². The minimum Gasteiger partial charge on any atom is -0.267 e. The van der Waals surface area contributed by atoms with Gasteiger partial charge in [0, 0.05) is 18.7 Å². The molecule has 0 spiro atoms. The molecule has 8 heteroatoms. The Morgan fingerprint density at radius 1 is 1.12 bits per heavy atom. The molecule has 0 saturated carbocycles. The minimum absolute atomic E-state index is 0.0922. The number of nitrogens with zero attached hydrogens (tertiary/aromatic N) is 2. The predicted octanol–water partition coefficient (Wildman–Crippen LogP) is 2.37. The molecule has 1 fully saturated rings. The maximum absolute atomic E-state index is 12.8. The van der Waals surface area contributed by atoms with Gasteiger partial charge in [-0.3, -0.25) is 4.79 Å². The van der Waals surface area contributed by atoms with Gasteiger partial charge in [-0.15, -0.1) is 0 Å². The van der Waals surface area contributed by atoms with Crippen molar-refractivity contribution in [2.24, 2.45) is 5.10 Å². The Morgan fingerprint density at radius 3 is 2.50 bits per heavy atom. The summed E-state index contributed by atoms with van der Waals surface area (Å²) in [7, 11) is -3.58. The van der Waals surface area contributed by atoms with Crippen LogP contribution in [0.3, 0.4) is 0 Å². The first kappa shape index (κ1) is 18.2. The Balaban J connectivity index is 1.71. The molecule has 0 aliphatic carbocycles. The monoisotopic (exact) mass is 375 g/mol. The van der Waals surface area contributed by atoms with Gasteiger partial charge in [-0.25, -0.2) is 18.2 Å². The highest BCUT2D eigenvalue weighted by Gasteiger charge is 2.27. The number of carbonyl (C=O) groups is 1. The van der Waals surface area contributed by atoms with Crippen molar-refractivity contribution in [2.45, 2.75) is 17.7 Å². The molecule has 1 aliphatic rings. The zero-order valence-corrected chi connectivity index (χ0v) is 14.7. The van der Waals surface area contributed by atoms with Gasteiger partial charge < -0.3 is 0 Å². The van der Waals surface area contributed by atoms with Crippen LogP contribution in [0.4, 0.5) is 4.39 Å². The van der Waals surface area contributed by atoms with Crippen molar-refractivity contribution in [3.05, 3.63) is 65.5 Å². The standard InChI is InChI=1S/C18H18FN3O3S/c19-16-8-6-14(7-9-16)13-20-21-18(23)15-4-3-5-17(12-15)26(24,25)22-10-1-2-11-22/h3-9,12-13H,1-2,10-11H2,(H,21,23)/b20-13-. The van der Waals surface area contributed by atoms with E-state index < -0.39 is 15.9 Å². The molecule has 0 bridgehead atoms. The number of hydrogen-bond donors (Lipinski definition) is 1. The molecule has 136 valence electrons. The number of halogens is 1. The lowest BCUT2D eigenvalue weighted by Crippen LogP contribution is -2.28. The average molecular weight is 375 g/mol. The van der Waals surface area contributed by atoms with Gasteiger partial charge in [0.05, 0.1) is 11.1 Å². The number of sulfonamides is 1. The molecule has 2 aromatic carbocycles. The van der Waals surface area contributed by atoms with Crippen LogP contribution in [-0.2, 0) is 10.0 Å². The fourth-order valence-corrected chi connectivity index (χ4v) is 4.22. The second-order valence-electron chi connectivity index (χ2n) is 5.89. The Hall–Kier alpha value is -2.58. The zero-order valence-electron chi connectivity index (χ0n) is 13.9. The lowest BCUT2D eigenvalue weighted by Gasteiger charge is -2.15. The van der Waals surface area contributed by atoms with Crippen LogP contribution < -0.4 is 5.43 Å². The first-order chi connectivity index (χ1) is 12.5. The summed E-state index contributed by atoms with van der Waals surface area (Å²) < 4.78 is 39.4. The number of hydrazone groups is 1. The van der Waals surface area contributed by atoms with E-state index in [2.05, 4.69) is 10.5 Å². The van der Waals surface area contributed by atoms with Crippen molar-refractivity contribution in [3.8, 4) is 0 Å². The van der Waals surface area contributed by atoms with Gasteiger partial charge in [-0.1, -0.05) is 18.2 Å². The average Bonchev–Trinajstić information content (AvgIpc) is 3.19. The van der Waals surface area contributed by atoms with Crippen molar-refractivity contribution in [1.29, 1.82) is 0 Å². The van der Waals surface area contributed by atoms with Crippen LogP contribution in [-0.4, -0.2) is 37.9 Å². The fraction of sp³-hybridized carbons (Fsp3) is 0.222. The Bertz CT molecular complexity index is 921. The maximum atomic E-state index is 12.8. The normalized spacial score (nSPS) is 15.4. The van der Waals surface area contributed by atoms with Crippen LogP contribution in [0, 0.1) is 5.82 Å². The third kappa shape index (κ3) is 4.14. The first-order valence-electron chi connectivity index (χ1n) is 8.16. The highest BCUT2D eigenvalue weighted by atomic mass is 32.2. The van der Waals surface area contributed by atoms with E-state index in [1.165, 1.54) is 59.1 Å². The SMILES string of the molecule is O=C(N/N=C\c1ccc(F)cc1)c1cccc(S(=O)(=O)N2CCCC2)c1. The van der Waals surface area contributed by atoms with Crippen LogP contribution in [0.1, 0.15) is 28.8 Å². The number of amides is 1. The van der Waals surface area contributed by atoms with E-state index in [-0.39, 0.29) is 16.3 Å². The molecule has 0 unspecified atom stereocenters. The smallest absolute Gasteiger partial charge is 0.267 e. The summed E-state index contributed by atoms with van der Waals surface area (Å²) in [5.41, 5.74) is 3.16. The molecule has 1 N–H and O–H groups in total. The van der Waals surface area contributed by atoms with Gasteiger partial charge in [0.15, 0.2) is 0 Å². The molecule has 1 amide bonds. The van der Waals surface area contributed by atoms with Gasteiger partial charge in [-0.2, -0.15) is 9.41 Å². The van der Waals surface area contributed by atoms with Crippen molar-refractivity contribution in [3.63, 3.8) is 0 Å². The Morgan fingerprint density at radius 2 is 1.81 bits per heavy atom. The van der Waals surface area contributed by atoms with Crippen LogP contribution >= 0.6 is 0 Å². The van der Waals surface area contributed by atoms with E-state index in [0.717, 1.165) is 12.8 Å². The second-order valence-corrected chi connectivity index (χ2v) is 7.83. The van der Waals surface area contributed by atoms with Crippen molar-refractivity contribution >= 4 is 22.1 Å². The molecule has 1 aliphatic heterocycles. The fourth-order valence-electron chi connectivity index (χ4n) is 2.65. The molecule has 2 aromatic rings. The van der Waals surface area contributed by atoms with Gasteiger partial charge in [0.1, 0.15) is 5.82 Å². The Labute approximate surface area is 151 Å². The quantitative estimate of drug-likeness (QED) is 0.644.